The van der Waals surface area contributed by atoms with Crippen LogP contribution in [0.2, 0.25) is 0 Å². The summed E-state index contributed by atoms with van der Waals surface area (Å²) in [5.41, 5.74) is 11.2. The van der Waals surface area contributed by atoms with Crippen molar-refractivity contribution in [2.24, 2.45) is 16.5 Å². The Morgan fingerprint density at radius 3 is 2.70 bits per heavy atom. The molecule has 0 aliphatic carbocycles. The predicted molar refractivity (Wildman–Crippen MR) is 76.6 cm³/mol. The van der Waals surface area contributed by atoms with E-state index in [1.54, 1.807) is 16.7 Å². The highest BCUT2D eigenvalue weighted by molar-refractivity contribution is 6.03. The Bertz CT molecular complexity index is 772. The third-order valence-corrected chi connectivity index (χ3v) is 2.86. The fraction of sp³-hybridized carbons (Fsp3) is 0.231. The summed E-state index contributed by atoms with van der Waals surface area (Å²) in [4.78, 5) is 31.9. The Balaban J connectivity index is 2.79. The first-order chi connectivity index (χ1) is 9.43. The van der Waals surface area contributed by atoms with Gasteiger partial charge in [0.25, 0.3) is 5.91 Å². The summed E-state index contributed by atoms with van der Waals surface area (Å²) in [6.07, 6.45) is 1.44. The van der Waals surface area contributed by atoms with Gasteiger partial charge in [0.15, 0.2) is 5.96 Å². The molecule has 4 N–H and O–H groups in total. The highest BCUT2D eigenvalue weighted by atomic mass is 16.2. The van der Waals surface area contributed by atoms with Crippen LogP contribution in [0.5, 0.6) is 0 Å². The molecule has 1 amide bonds. The maximum Gasteiger partial charge on any atom is 0.285 e. The van der Waals surface area contributed by atoms with Crippen molar-refractivity contribution < 1.29 is 4.79 Å². The zero-order chi connectivity index (χ0) is 14.9. The van der Waals surface area contributed by atoms with Crippen LogP contribution in [0.1, 0.15) is 23.0 Å². The third-order valence-electron chi connectivity index (χ3n) is 2.86. The van der Waals surface area contributed by atoms with Crippen LogP contribution in [-0.4, -0.2) is 21.4 Å². The van der Waals surface area contributed by atoms with Crippen LogP contribution >= 0.6 is 0 Å². The van der Waals surface area contributed by atoms with Crippen molar-refractivity contribution in [1.29, 1.82) is 0 Å². The molecule has 0 aliphatic heterocycles. The molecule has 0 fully saturated rings. The summed E-state index contributed by atoms with van der Waals surface area (Å²) in [6.45, 7) is 4.29. The zero-order valence-corrected chi connectivity index (χ0v) is 11.3. The number of rotatable bonds is 2. The standard InChI is InChI=1S/C13H15N5O2/c1-3-18-6-9(12(20)17-13(14)15)10(19)8-5-4-7(2)16-11(8)18/h4-6H,3H2,1-2H3,(H4,14,15,17,20). The molecule has 104 valence electrons. The fourth-order valence-electron chi connectivity index (χ4n) is 1.93. The number of carbonyl (C=O) groups is 1. The number of carbonyl (C=O) groups excluding carboxylic acids is 1. The average molecular weight is 273 g/mol. The molecule has 0 unspecified atom stereocenters. The van der Waals surface area contributed by atoms with E-state index in [2.05, 4.69) is 9.98 Å². The Morgan fingerprint density at radius 1 is 1.40 bits per heavy atom. The number of fused-ring (bicyclic) bond motifs is 1. The summed E-state index contributed by atoms with van der Waals surface area (Å²) in [6, 6.07) is 3.37. The van der Waals surface area contributed by atoms with Crippen LogP contribution in [0.4, 0.5) is 0 Å². The van der Waals surface area contributed by atoms with E-state index in [9.17, 15) is 9.59 Å². The lowest BCUT2D eigenvalue weighted by Crippen LogP contribution is -2.26. The number of pyridine rings is 2. The van der Waals surface area contributed by atoms with Crippen molar-refractivity contribution >= 4 is 22.9 Å². The Morgan fingerprint density at radius 2 is 2.10 bits per heavy atom. The number of aryl methyl sites for hydroxylation is 2. The number of aromatic nitrogens is 2. The molecule has 0 saturated heterocycles. The minimum absolute atomic E-state index is 0.0709. The van der Waals surface area contributed by atoms with E-state index >= 15 is 0 Å². The molecule has 2 aromatic heterocycles. The molecule has 0 saturated carbocycles. The number of amides is 1. The van der Waals surface area contributed by atoms with Crippen LogP contribution < -0.4 is 16.9 Å². The largest absolute Gasteiger partial charge is 0.370 e. The van der Waals surface area contributed by atoms with Crippen molar-refractivity contribution in [3.63, 3.8) is 0 Å². The number of nitrogens with two attached hydrogens (primary N) is 2. The number of hydrogen-bond acceptors (Lipinski definition) is 3. The van der Waals surface area contributed by atoms with Crippen molar-refractivity contribution in [3.8, 4) is 0 Å². The summed E-state index contributed by atoms with van der Waals surface area (Å²) in [7, 11) is 0. The molecular weight excluding hydrogens is 258 g/mol. The van der Waals surface area contributed by atoms with Crippen LogP contribution in [0.25, 0.3) is 11.0 Å². The van der Waals surface area contributed by atoms with Gasteiger partial charge in [-0.05, 0) is 26.0 Å². The van der Waals surface area contributed by atoms with E-state index in [1.165, 1.54) is 6.20 Å². The lowest BCUT2D eigenvalue weighted by Gasteiger charge is -2.09. The maximum atomic E-state index is 12.3. The molecule has 0 spiro atoms. The lowest BCUT2D eigenvalue weighted by molar-refractivity contribution is 0.100. The second-order valence-corrected chi connectivity index (χ2v) is 4.32. The number of hydrogen-bond donors (Lipinski definition) is 2. The van der Waals surface area contributed by atoms with Crippen LogP contribution in [0.3, 0.4) is 0 Å². The minimum Gasteiger partial charge on any atom is -0.370 e. The molecule has 7 nitrogen and oxygen atoms in total. The Kier molecular flexibility index (Phi) is 3.51. The number of nitrogens with zero attached hydrogens (tertiary/aromatic N) is 3. The molecule has 0 bridgehead atoms. The maximum absolute atomic E-state index is 12.3. The van der Waals surface area contributed by atoms with Gasteiger partial charge in [-0.3, -0.25) is 9.59 Å². The summed E-state index contributed by atoms with van der Waals surface area (Å²) in [5, 5.41) is 0.370. The molecule has 2 aromatic rings. The van der Waals surface area contributed by atoms with Gasteiger partial charge in [0.2, 0.25) is 5.43 Å². The molecule has 7 heteroatoms. The summed E-state index contributed by atoms with van der Waals surface area (Å²) in [5.74, 6) is -1.13. The average Bonchev–Trinajstić information content (AvgIpc) is 2.38. The monoisotopic (exact) mass is 273 g/mol. The van der Waals surface area contributed by atoms with Crippen molar-refractivity contribution in [1.82, 2.24) is 9.55 Å². The van der Waals surface area contributed by atoms with Gasteiger partial charge >= 0.3 is 0 Å². The van der Waals surface area contributed by atoms with E-state index in [0.717, 1.165) is 5.69 Å². The summed E-state index contributed by atoms with van der Waals surface area (Å²) < 4.78 is 1.72. The van der Waals surface area contributed by atoms with Crippen LogP contribution in [0, 0.1) is 6.92 Å². The van der Waals surface area contributed by atoms with Gasteiger partial charge < -0.3 is 16.0 Å². The SMILES string of the molecule is CCn1cc(C(=O)N=C(N)N)c(=O)c2ccc(C)nc21. The predicted octanol–water partition coefficient (Wildman–Crippen LogP) is 0.138. The van der Waals surface area contributed by atoms with E-state index in [-0.39, 0.29) is 11.5 Å². The van der Waals surface area contributed by atoms with Crippen LogP contribution in [-0.2, 0) is 6.54 Å². The van der Waals surface area contributed by atoms with Gasteiger partial charge in [-0.15, -0.1) is 0 Å². The summed E-state index contributed by atoms with van der Waals surface area (Å²) >= 11 is 0. The van der Waals surface area contributed by atoms with Gasteiger partial charge in [0.05, 0.1) is 5.39 Å². The quantitative estimate of drug-likeness (QED) is 0.596. The van der Waals surface area contributed by atoms with Gasteiger partial charge in [-0.25, -0.2) is 4.98 Å². The molecule has 20 heavy (non-hydrogen) atoms. The fourth-order valence-corrected chi connectivity index (χ4v) is 1.93. The van der Waals surface area contributed by atoms with Crippen molar-refractivity contribution in [3.05, 3.63) is 39.8 Å². The van der Waals surface area contributed by atoms with Crippen LogP contribution in [0.15, 0.2) is 28.1 Å². The number of aliphatic imine (C=N–C) groups is 1. The molecule has 0 atom stereocenters. The van der Waals surface area contributed by atoms with Gasteiger partial charge in [0, 0.05) is 18.4 Å². The third kappa shape index (κ3) is 2.37. The molecule has 0 radical (unpaired) electrons. The van der Waals surface area contributed by atoms with Gasteiger partial charge in [0.1, 0.15) is 11.2 Å². The van der Waals surface area contributed by atoms with E-state index < -0.39 is 11.3 Å². The first kappa shape index (κ1) is 13.7. The number of guanidine groups is 1. The van der Waals surface area contributed by atoms with E-state index in [1.807, 2.05) is 13.8 Å². The minimum atomic E-state index is -0.750. The van der Waals surface area contributed by atoms with E-state index in [0.29, 0.717) is 17.6 Å². The topological polar surface area (TPSA) is 116 Å². The zero-order valence-electron chi connectivity index (χ0n) is 11.3. The highest BCUT2D eigenvalue weighted by Crippen LogP contribution is 2.11. The Labute approximate surface area is 114 Å². The lowest BCUT2D eigenvalue weighted by atomic mass is 10.1. The molecule has 0 aliphatic rings. The van der Waals surface area contributed by atoms with Gasteiger partial charge in [-0.2, -0.15) is 4.99 Å². The second kappa shape index (κ2) is 5.12. The van der Waals surface area contributed by atoms with Gasteiger partial charge in [-0.1, -0.05) is 0 Å². The highest BCUT2D eigenvalue weighted by Gasteiger charge is 2.15. The second-order valence-electron chi connectivity index (χ2n) is 4.32. The Hall–Kier alpha value is -2.70. The molecule has 0 aromatic carbocycles. The molecular formula is C13H15N5O2. The smallest absolute Gasteiger partial charge is 0.285 e. The molecule has 2 rings (SSSR count). The molecule has 2 heterocycles. The van der Waals surface area contributed by atoms with Crippen molar-refractivity contribution in [2.45, 2.75) is 20.4 Å². The van der Waals surface area contributed by atoms with E-state index in [4.69, 9.17) is 11.5 Å². The van der Waals surface area contributed by atoms with Crippen molar-refractivity contribution in [2.75, 3.05) is 0 Å². The normalized spacial score (nSPS) is 10.5. The first-order valence-electron chi connectivity index (χ1n) is 6.08. The first-order valence-corrected chi connectivity index (χ1v) is 6.08.